The minimum absolute atomic E-state index is 0.0429. The Bertz CT molecular complexity index is 1090. The van der Waals surface area contributed by atoms with Crippen molar-refractivity contribution in [3.05, 3.63) is 30.0 Å². The van der Waals surface area contributed by atoms with Crippen molar-refractivity contribution >= 4 is 33.3 Å². The Hall–Kier alpha value is -2.54. The number of benzene rings is 1. The summed E-state index contributed by atoms with van der Waals surface area (Å²) in [7, 11) is 0. The van der Waals surface area contributed by atoms with Crippen LogP contribution in [0.15, 0.2) is 24.3 Å². The number of halogens is 3. The molecule has 3 atom stereocenters. The van der Waals surface area contributed by atoms with Crippen LogP contribution in [0.2, 0.25) is 0 Å². The van der Waals surface area contributed by atoms with E-state index in [9.17, 15) is 28.5 Å². The van der Waals surface area contributed by atoms with Crippen LogP contribution in [0.4, 0.5) is 24.9 Å². The molecule has 0 aliphatic heterocycles. The minimum atomic E-state index is -4.47. The molecule has 0 spiro atoms. The fourth-order valence-electron chi connectivity index (χ4n) is 3.79. The fourth-order valence-corrected chi connectivity index (χ4v) is 4.85. The Balaban J connectivity index is 1.77. The first kappa shape index (κ1) is 22.6. The van der Waals surface area contributed by atoms with Crippen LogP contribution in [0.5, 0.6) is 0 Å². The van der Waals surface area contributed by atoms with Gasteiger partial charge in [0.1, 0.15) is 23.5 Å². The second-order valence-corrected chi connectivity index (χ2v) is 8.82. The standard InChI is InChI=1S/C20H22F3N5O3S/c1-10-14(17-26-12-4-2-3-5-13(12)32-17)16(27-18(25-10)24-9-20(21,22)23)28-19(31)7-6-11(8-29)15(19)30/h2-5,11,15,29-31H,6-9H2,1H3,(H2,24,25,27,28). The van der Waals surface area contributed by atoms with Gasteiger partial charge in [0, 0.05) is 12.5 Å². The summed E-state index contributed by atoms with van der Waals surface area (Å²) >= 11 is 1.35. The van der Waals surface area contributed by atoms with Crippen LogP contribution in [0.3, 0.4) is 0 Å². The van der Waals surface area contributed by atoms with Gasteiger partial charge in [-0.25, -0.2) is 9.97 Å². The Morgan fingerprint density at radius 2 is 1.97 bits per heavy atom. The maximum atomic E-state index is 12.7. The first-order chi connectivity index (χ1) is 15.1. The van der Waals surface area contributed by atoms with Crippen LogP contribution in [0.1, 0.15) is 18.5 Å². The van der Waals surface area contributed by atoms with E-state index in [4.69, 9.17) is 0 Å². The average molecular weight is 469 g/mol. The number of aliphatic hydroxyl groups is 3. The van der Waals surface area contributed by atoms with Crippen molar-refractivity contribution < 1.29 is 28.5 Å². The lowest BCUT2D eigenvalue weighted by molar-refractivity contribution is -0.115. The van der Waals surface area contributed by atoms with Crippen molar-refractivity contribution in [2.24, 2.45) is 5.92 Å². The molecule has 1 aromatic carbocycles. The van der Waals surface area contributed by atoms with E-state index in [1.54, 1.807) is 6.92 Å². The number of para-hydroxylation sites is 1. The smallest absolute Gasteiger partial charge is 0.396 e. The fraction of sp³-hybridized carbons (Fsp3) is 0.450. The number of nitrogens with one attached hydrogen (secondary N) is 2. The molecule has 5 N–H and O–H groups in total. The number of nitrogens with zero attached hydrogens (tertiary/aromatic N) is 3. The number of aliphatic hydroxyl groups excluding tert-OH is 2. The molecule has 1 aliphatic rings. The summed E-state index contributed by atoms with van der Waals surface area (Å²) in [5, 5.41) is 36.4. The Morgan fingerprint density at radius 3 is 2.62 bits per heavy atom. The van der Waals surface area contributed by atoms with E-state index in [0.29, 0.717) is 22.7 Å². The number of thiazole rings is 1. The van der Waals surface area contributed by atoms with Gasteiger partial charge in [-0.2, -0.15) is 18.2 Å². The van der Waals surface area contributed by atoms with E-state index in [1.165, 1.54) is 11.3 Å². The number of fused-ring (bicyclic) bond motifs is 1. The number of alkyl halides is 3. The monoisotopic (exact) mass is 469 g/mol. The predicted molar refractivity (Wildman–Crippen MR) is 114 cm³/mol. The molecule has 2 aromatic heterocycles. The molecule has 1 fully saturated rings. The van der Waals surface area contributed by atoms with Crippen LogP contribution < -0.4 is 10.6 Å². The summed E-state index contributed by atoms with van der Waals surface area (Å²) in [6.07, 6.45) is -5.28. The maximum Gasteiger partial charge on any atom is 0.405 e. The number of aryl methyl sites for hydroxylation is 1. The van der Waals surface area contributed by atoms with Crippen LogP contribution in [0, 0.1) is 12.8 Å². The van der Waals surface area contributed by atoms with Crippen molar-refractivity contribution in [1.29, 1.82) is 0 Å². The lowest BCUT2D eigenvalue weighted by atomic mass is 10.0. The Kier molecular flexibility index (Phi) is 5.96. The van der Waals surface area contributed by atoms with E-state index < -0.39 is 30.5 Å². The van der Waals surface area contributed by atoms with E-state index in [-0.39, 0.29) is 24.8 Å². The van der Waals surface area contributed by atoms with E-state index in [2.05, 4.69) is 25.6 Å². The van der Waals surface area contributed by atoms with E-state index in [1.807, 2.05) is 24.3 Å². The number of rotatable bonds is 6. The zero-order chi connectivity index (χ0) is 23.1. The highest BCUT2D eigenvalue weighted by molar-refractivity contribution is 7.21. The lowest BCUT2D eigenvalue weighted by Crippen LogP contribution is -2.48. The second kappa shape index (κ2) is 8.43. The SMILES string of the molecule is Cc1nc(NCC(F)(F)F)nc(NC2(O)CCC(CO)C2O)c1-c1nc2ccccc2s1. The van der Waals surface area contributed by atoms with E-state index in [0.717, 1.165) is 10.2 Å². The van der Waals surface area contributed by atoms with Gasteiger partial charge in [-0.15, -0.1) is 11.3 Å². The molecule has 172 valence electrons. The highest BCUT2D eigenvalue weighted by atomic mass is 32.1. The molecular weight excluding hydrogens is 447 g/mol. The Labute approximate surface area is 185 Å². The molecule has 32 heavy (non-hydrogen) atoms. The lowest BCUT2D eigenvalue weighted by Gasteiger charge is -2.31. The van der Waals surface area contributed by atoms with Crippen LogP contribution in [0.25, 0.3) is 20.8 Å². The number of anilines is 2. The van der Waals surface area contributed by atoms with Crippen LogP contribution in [-0.2, 0) is 0 Å². The second-order valence-electron chi connectivity index (χ2n) is 7.79. The molecule has 1 aliphatic carbocycles. The summed E-state index contributed by atoms with van der Waals surface area (Å²) in [6.45, 7) is -0.0262. The van der Waals surface area contributed by atoms with Crippen molar-refractivity contribution in [3.8, 4) is 10.6 Å². The number of hydrogen-bond donors (Lipinski definition) is 5. The van der Waals surface area contributed by atoms with Gasteiger partial charge >= 0.3 is 6.18 Å². The summed E-state index contributed by atoms with van der Waals surface area (Å²) in [5.41, 5.74) is -0.323. The molecule has 8 nitrogen and oxygen atoms in total. The van der Waals surface area contributed by atoms with Gasteiger partial charge in [0.2, 0.25) is 5.95 Å². The number of hydrogen-bond acceptors (Lipinski definition) is 9. The third-order valence-electron chi connectivity index (χ3n) is 5.45. The maximum absolute atomic E-state index is 12.7. The summed E-state index contributed by atoms with van der Waals surface area (Å²) in [6, 6.07) is 7.42. The van der Waals surface area contributed by atoms with Gasteiger partial charge in [-0.3, -0.25) is 0 Å². The average Bonchev–Trinajstić information content (AvgIpc) is 3.26. The zero-order valence-corrected chi connectivity index (χ0v) is 17.8. The molecule has 0 amide bonds. The van der Waals surface area contributed by atoms with Crippen molar-refractivity contribution in [2.75, 3.05) is 23.8 Å². The molecular formula is C20H22F3N5O3S. The highest BCUT2D eigenvalue weighted by Gasteiger charge is 2.47. The summed E-state index contributed by atoms with van der Waals surface area (Å²) < 4.78 is 39.0. The first-order valence-electron chi connectivity index (χ1n) is 9.94. The molecule has 4 rings (SSSR count). The molecule has 3 aromatic rings. The molecule has 3 unspecified atom stereocenters. The summed E-state index contributed by atoms with van der Waals surface area (Å²) in [4.78, 5) is 12.9. The molecule has 0 bridgehead atoms. The van der Waals surface area contributed by atoms with Gasteiger partial charge < -0.3 is 26.0 Å². The van der Waals surface area contributed by atoms with Crippen LogP contribution in [-0.4, -0.2) is 61.4 Å². The quantitative estimate of drug-likeness (QED) is 0.349. The predicted octanol–water partition coefficient (Wildman–Crippen LogP) is 2.90. The molecule has 2 heterocycles. The molecule has 0 radical (unpaired) electrons. The summed E-state index contributed by atoms with van der Waals surface area (Å²) in [5.74, 6) is -0.771. The van der Waals surface area contributed by atoms with Crippen LogP contribution >= 0.6 is 11.3 Å². The van der Waals surface area contributed by atoms with Gasteiger partial charge in [-0.1, -0.05) is 12.1 Å². The van der Waals surface area contributed by atoms with E-state index >= 15 is 0 Å². The largest absolute Gasteiger partial charge is 0.405 e. The third kappa shape index (κ3) is 4.49. The van der Waals surface area contributed by atoms with Gasteiger partial charge in [-0.05, 0) is 31.9 Å². The van der Waals surface area contributed by atoms with Gasteiger partial charge in [0.25, 0.3) is 0 Å². The van der Waals surface area contributed by atoms with Gasteiger partial charge in [0.15, 0.2) is 5.72 Å². The molecule has 12 heteroatoms. The topological polar surface area (TPSA) is 123 Å². The van der Waals surface area contributed by atoms with Crippen molar-refractivity contribution in [2.45, 2.75) is 37.8 Å². The first-order valence-corrected chi connectivity index (χ1v) is 10.8. The minimum Gasteiger partial charge on any atom is -0.396 e. The highest BCUT2D eigenvalue weighted by Crippen LogP contribution is 2.40. The number of aromatic nitrogens is 3. The molecule has 0 saturated heterocycles. The van der Waals surface area contributed by atoms with Crippen molar-refractivity contribution in [3.63, 3.8) is 0 Å². The van der Waals surface area contributed by atoms with Gasteiger partial charge in [0.05, 0.1) is 21.5 Å². The van der Waals surface area contributed by atoms with Crippen molar-refractivity contribution in [1.82, 2.24) is 15.0 Å². The zero-order valence-electron chi connectivity index (χ0n) is 17.0. The molecule has 1 saturated carbocycles. The Morgan fingerprint density at radius 1 is 1.22 bits per heavy atom. The normalized spacial score (nSPS) is 23.6. The third-order valence-corrected chi connectivity index (χ3v) is 6.50.